The van der Waals surface area contributed by atoms with Crippen LogP contribution in [0.5, 0.6) is 0 Å². The minimum absolute atomic E-state index is 0.0548. The first-order chi connectivity index (χ1) is 9.56. The van der Waals surface area contributed by atoms with Gasteiger partial charge in [0.05, 0.1) is 6.54 Å². The number of nitrogens with one attached hydrogen (secondary N) is 2. The van der Waals surface area contributed by atoms with Crippen molar-refractivity contribution in [3.8, 4) is 0 Å². The highest BCUT2D eigenvalue weighted by atomic mass is 16.2. The predicted molar refractivity (Wildman–Crippen MR) is 83.1 cm³/mol. The minimum atomic E-state index is 0.0548. The topological polar surface area (TPSA) is 44.4 Å². The first-order valence-corrected chi connectivity index (χ1v) is 7.34. The molecular formula is C16H25N3O. The molecule has 1 aliphatic heterocycles. The lowest BCUT2D eigenvalue weighted by Gasteiger charge is -2.21. The van der Waals surface area contributed by atoms with Gasteiger partial charge in [0.2, 0.25) is 5.91 Å². The maximum atomic E-state index is 12.1. The summed E-state index contributed by atoms with van der Waals surface area (Å²) in [6, 6.07) is 6.53. The van der Waals surface area contributed by atoms with E-state index in [1.807, 2.05) is 26.1 Å². The van der Waals surface area contributed by atoms with Crippen LogP contribution in [0.1, 0.15) is 24.0 Å². The Hall–Kier alpha value is -1.39. The van der Waals surface area contributed by atoms with E-state index in [2.05, 4.69) is 28.5 Å². The molecule has 1 heterocycles. The Balaban J connectivity index is 1.83. The SMILES string of the molecule is Cc1cccc(NC(=O)CN(C)CC2CCCN2)c1C. The molecular weight excluding hydrogens is 250 g/mol. The molecule has 1 aliphatic rings. The molecule has 0 aromatic heterocycles. The van der Waals surface area contributed by atoms with Crippen molar-refractivity contribution in [2.45, 2.75) is 32.7 Å². The second-order valence-corrected chi connectivity index (χ2v) is 5.79. The summed E-state index contributed by atoms with van der Waals surface area (Å²) in [5.41, 5.74) is 3.26. The van der Waals surface area contributed by atoms with E-state index in [9.17, 15) is 4.79 Å². The van der Waals surface area contributed by atoms with Crippen LogP contribution in [0, 0.1) is 13.8 Å². The Kier molecular flexibility index (Phi) is 5.15. The number of carbonyl (C=O) groups excluding carboxylic acids is 1. The van der Waals surface area contributed by atoms with Crippen LogP contribution in [0.4, 0.5) is 5.69 Å². The third-order valence-electron chi connectivity index (χ3n) is 3.99. The molecule has 1 aromatic rings. The highest BCUT2D eigenvalue weighted by Crippen LogP contribution is 2.17. The van der Waals surface area contributed by atoms with Gasteiger partial charge in [0, 0.05) is 18.3 Å². The second kappa shape index (κ2) is 6.86. The van der Waals surface area contributed by atoms with Crippen LogP contribution in [0.15, 0.2) is 18.2 Å². The van der Waals surface area contributed by atoms with E-state index in [0.29, 0.717) is 12.6 Å². The Morgan fingerprint density at radius 2 is 2.25 bits per heavy atom. The van der Waals surface area contributed by atoms with Crippen molar-refractivity contribution < 1.29 is 4.79 Å². The maximum absolute atomic E-state index is 12.1. The van der Waals surface area contributed by atoms with Gasteiger partial charge in [0.15, 0.2) is 0 Å². The van der Waals surface area contributed by atoms with Crippen molar-refractivity contribution in [1.82, 2.24) is 10.2 Å². The van der Waals surface area contributed by atoms with Gasteiger partial charge in [-0.25, -0.2) is 0 Å². The predicted octanol–water partition coefficient (Wildman–Crippen LogP) is 1.93. The van der Waals surface area contributed by atoms with E-state index in [4.69, 9.17) is 0 Å². The number of amides is 1. The molecule has 20 heavy (non-hydrogen) atoms. The number of aryl methyl sites for hydroxylation is 1. The van der Waals surface area contributed by atoms with E-state index in [1.54, 1.807) is 0 Å². The van der Waals surface area contributed by atoms with Gasteiger partial charge < -0.3 is 10.6 Å². The summed E-state index contributed by atoms with van der Waals surface area (Å²) in [4.78, 5) is 14.2. The second-order valence-electron chi connectivity index (χ2n) is 5.79. The lowest BCUT2D eigenvalue weighted by molar-refractivity contribution is -0.117. The molecule has 4 heteroatoms. The van der Waals surface area contributed by atoms with Crippen LogP contribution in [0.3, 0.4) is 0 Å². The summed E-state index contributed by atoms with van der Waals surface area (Å²) >= 11 is 0. The van der Waals surface area contributed by atoms with Crippen LogP contribution < -0.4 is 10.6 Å². The molecule has 1 unspecified atom stereocenters. The molecule has 1 aromatic carbocycles. The lowest BCUT2D eigenvalue weighted by atomic mass is 10.1. The maximum Gasteiger partial charge on any atom is 0.238 e. The standard InChI is InChI=1S/C16H25N3O/c1-12-6-4-8-15(13(12)2)18-16(20)11-19(3)10-14-7-5-9-17-14/h4,6,8,14,17H,5,7,9-11H2,1-3H3,(H,18,20). The van der Waals surface area contributed by atoms with E-state index < -0.39 is 0 Å². The largest absolute Gasteiger partial charge is 0.325 e. The molecule has 1 saturated heterocycles. The number of carbonyl (C=O) groups is 1. The van der Waals surface area contributed by atoms with E-state index in [0.717, 1.165) is 24.3 Å². The number of benzene rings is 1. The normalized spacial score (nSPS) is 18.5. The van der Waals surface area contributed by atoms with Crippen LogP contribution in [-0.4, -0.2) is 43.5 Å². The molecule has 0 saturated carbocycles. The smallest absolute Gasteiger partial charge is 0.238 e. The Morgan fingerprint density at radius 1 is 1.45 bits per heavy atom. The molecule has 1 atom stereocenters. The number of anilines is 1. The third-order valence-corrected chi connectivity index (χ3v) is 3.99. The molecule has 0 radical (unpaired) electrons. The third kappa shape index (κ3) is 4.05. The number of rotatable bonds is 5. The quantitative estimate of drug-likeness (QED) is 0.863. The Bertz CT molecular complexity index is 467. The average molecular weight is 275 g/mol. The molecule has 0 spiro atoms. The van der Waals surface area contributed by atoms with Crippen LogP contribution in [0.25, 0.3) is 0 Å². The zero-order valence-corrected chi connectivity index (χ0v) is 12.7. The van der Waals surface area contributed by atoms with Crippen molar-refractivity contribution >= 4 is 11.6 Å². The van der Waals surface area contributed by atoms with E-state index >= 15 is 0 Å². The zero-order chi connectivity index (χ0) is 14.5. The molecule has 2 rings (SSSR count). The van der Waals surface area contributed by atoms with Crippen molar-refractivity contribution in [2.75, 3.05) is 32.0 Å². The van der Waals surface area contributed by atoms with Gasteiger partial charge in [-0.1, -0.05) is 12.1 Å². The van der Waals surface area contributed by atoms with Gasteiger partial charge in [-0.3, -0.25) is 9.69 Å². The molecule has 110 valence electrons. The zero-order valence-electron chi connectivity index (χ0n) is 12.7. The van der Waals surface area contributed by atoms with Crippen molar-refractivity contribution in [1.29, 1.82) is 0 Å². The molecule has 0 bridgehead atoms. The number of hydrogen-bond donors (Lipinski definition) is 2. The lowest BCUT2D eigenvalue weighted by Crippen LogP contribution is -2.39. The van der Waals surface area contributed by atoms with Gasteiger partial charge in [-0.05, 0) is 57.5 Å². The fourth-order valence-corrected chi connectivity index (χ4v) is 2.67. The summed E-state index contributed by atoms with van der Waals surface area (Å²) in [6.45, 7) is 6.57. The van der Waals surface area contributed by atoms with Gasteiger partial charge in [-0.15, -0.1) is 0 Å². The van der Waals surface area contributed by atoms with Crippen molar-refractivity contribution in [3.63, 3.8) is 0 Å². The number of likely N-dealkylation sites (N-methyl/N-ethyl adjacent to an activating group) is 1. The van der Waals surface area contributed by atoms with Gasteiger partial charge in [0.25, 0.3) is 0 Å². The van der Waals surface area contributed by atoms with Crippen LogP contribution >= 0.6 is 0 Å². The Morgan fingerprint density at radius 3 is 2.95 bits per heavy atom. The van der Waals surface area contributed by atoms with Crippen molar-refractivity contribution in [2.24, 2.45) is 0 Å². The van der Waals surface area contributed by atoms with Gasteiger partial charge >= 0.3 is 0 Å². The van der Waals surface area contributed by atoms with E-state index in [-0.39, 0.29) is 5.91 Å². The molecule has 2 N–H and O–H groups in total. The van der Waals surface area contributed by atoms with Gasteiger partial charge in [0.1, 0.15) is 0 Å². The highest BCUT2D eigenvalue weighted by Gasteiger charge is 2.17. The van der Waals surface area contributed by atoms with Crippen molar-refractivity contribution in [3.05, 3.63) is 29.3 Å². The molecule has 4 nitrogen and oxygen atoms in total. The summed E-state index contributed by atoms with van der Waals surface area (Å²) in [6.07, 6.45) is 2.45. The Labute approximate surface area is 121 Å². The number of hydrogen-bond acceptors (Lipinski definition) is 3. The first-order valence-electron chi connectivity index (χ1n) is 7.34. The van der Waals surface area contributed by atoms with Crippen LogP contribution in [-0.2, 0) is 4.79 Å². The molecule has 1 amide bonds. The first kappa shape index (κ1) is 15.0. The van der Waals surface area contributed by atoms with Crippen LogP contribution in [0.2, 0.25) is 0 Å². The monoisotopic (exact) mass is 275 g/mol. The fraction of sp³-hybridized carbons (Fsp3) is 0.562. The summed E-state index contributed by atoms with van der Waals surface area (Å²) < 4.78 is 0. The summed E-state index contributed by atoms with van der Waals surface area (Å²) in [5.74, 6) is 0.0548. The summed E-state index contributed by atoms with van der Waals surface area (Å²) in [5, 5.41) is 6.46. The van der Waals surface area contributed by atoms with E-state index in [1.165, 1.54) is 18.4 Å². The molecule has 0 aliphatic carbocycles. The summed E-state index contributed by atoms with van der Waals surface area (Å²) in [7, 11) is 2.00. The average Bonchev–Trinajstić information content (AvgIpc) is 2.87. The highest BCUT2D eigenvalue weighted by molar-refractivity contribution is 5.93. The number of nitrogens with zero attached hydrogens (tertiary/aromatic N) is 1. The molecule has 1 fully saturated rings. The van der Waals surface area contributed by atoms with Gasteiger partial charge in [-0.2, -0.15) is 0 Å². The fourth-order valence-electron chi connectivity index (χ4n) is 2.67. The minimum Gasteiger partial charge on any atom is -0.325 e.